The fraction of sp³-hybridized carbons (Fsp3) is 0.462. The molecule has 2 N–H and O–H groups in total. The van der Waals surface area contributed by atoms with Gasteiger partial charge < -0.3 is 15.5 Å². The van der Waals surface area contributed by atoms with Crippen molar-refractivity contribution in [3.8, 4) is 0 Å². The van der Waals surface area contributed by atoms with Crippen molar-refractivity contribution in [3.05, 3.63) is 29.8 Å². The van der Waals surface area contributed by atoms with Crippen LogP contribution in [0.5, 0.6) is 0 Å². The number of aryl methyl sites for hydroxylation is 1. The number of urea groups is 1. The maximum atomic E-state index is 11.0. The topological polar surface area (TPSA) is 49.6 Å². The normalized spacial score (nSPS) is 16.1. The monoisotopic (exact) mass is 233 g/mol. The van der Waals surface area contributed by atoms with E-state index in [4.69, 9.17) is 5.73 Å². The molecular weight excluding hydrogens is 214 g/mol. The highest BCUT2D eigenvalue weighted by Gasteiger charge is 2.19. The number of carbonyl (C=O) groups is 1. The molecule has 1 saturated heterocycles. The largest absolute Gasteiger partial charge is 0.368 e. The molecule has 0 aromatic heterocycles. The van der Waals surface area contributed by atoms with Gasteiger partial charge in [-0.3, -0.25) is 0 Å². The van der Waals surface area contributed by atoms with E-state index in [9.17, 15) is 4.79 Å². The molecule has 92 valence electrons. The summed E-state index contributed by atoms with van der Waals surface area (Å²) in [6.07, 6.45) is 1.05. The molecule has 0 spiro atoms. The number of nitrogens with zero attached hydrogens (tertiary/aromatic N) is 2. The first-order valence-electron chi connectivity index (χ1n) is 6.09. The fourth-order valence-electron chi connectivity index (χ4n) is 2.16. The second-order valence-corrected chi connectivity index (χ2v) is 4.34. The van der Waals surface area contributed by atoms with Crippen LogP contribution in [0.4, 0.5) is 10.5 Å². The number of hydrogen-bond acceptors (Lipinski definition) is 2. The van der Waals surface area contributed by atoms with Crippen molar-refractivity contribution in [1.29, 1.82) is 0 Å². The van der Waals surface area contributed by atoms with Gasteiger partial charge in [0.1, 0.15) is 0 Å². The molecule has 17 heavy (non-hydrogen) atoms. The molecule has 2 amide bonds. The van der Waals surface area contributed by atoms with E-state index in [1.54, 1.807) is 4.90 Å². The number of nitrogens with two attached hydrogens (primary N) is 1. The van der Waals surface area contributed by atoms with Crippen LogP contribution in [-0.2, 0) is 6.42 Å². The van der Waals surface area contributed by atoms with E-state index in [0.29, 0.717) is 13.1 Å². The Morgan fingerprint density at radius 1 is 1.29 bits per heavy atom. The van der Waals surface area contributed by atoms with Crippen molar-refractivity contribution < 1.29 is 4.79 Å². The van der Waals surface area contributed by atoms with Crippen LogP contribution in [0.15, 0.2) is 24.3 Å². The highest BCUT2D eigenvalue weighted by atomic mass is 16.2. The van der Waals surface area contributed by atoms with Crippen LogP contribution in [0, 0.1) is 0 Å². The third-order valence-electron chi connectivity index (χ3n) is 3.28. The van der Waals surface area contributed by atoms with Gasteiger partial charge in [-0.2, -0.15) is 0 Å². The van der Waals surface area contributed by atoms with Crippen molar-refractivity contribution in [2.45, 2.75) is 13.3 Å². The summed E-state index contributed by atoms with van der Waals surface area (Å²) in [5.41, 5.74) is 7.86. The SMILES string of the molecule is CCc1cccc(N2CCN(C(N)=O)CC2)c1. The molecule has 1 heterocycles. The van der Waals surface area contributed by atoms with Crippen molar-refractivity contribution in [2.24, 2.45) is 5.73 Å². The molecule has 0 radical (unpaired) electrons. The number of benzene rings is 1. The van der Waals surface area contributed by atoms with Crippen molar-refractivity contribution >= 4 is 11.7 Å². The molecule has 1 fully saturated rings. The number of primary amides is 1. The smallest absolute Gasteiger partial charge is 0.314 e. The number of piperazine rings is 1. The van der Waals surface area contributed by atoms with Gasteiger partial charge in [-0.1, -0.05) is 19.1 Å². The minimum Gasteiger partial charge on any atom is -0.368 e. The molecule has 0 saturated carbocycles. The molecule has 0 atom stereocenters. The van der Waals surface area contributed by atoms with E-state index in [-0.39, 0.29) is 6.03 Å². The lowest BCUT2D eigenvalue weighted by molar-refractivity contribution is 0.204. The van der Waals surface area contributed by atoms with Gasteiger partial charge in [0.2, 0.25) is 0 Å². The first kappa shape index (κ1) is 11.8. The molecule has 1 aliphatic rings. The van der Waals surface area contributed by atoms with Crippen molar-refractivity contribution in [3.63, 3.8) is 0 Å². The Labute approximate surface area is 102 Å². The maximum Gasteiger partial charge on any atom is 0.314 e. The molecule has 4 nitrogen and oxygen atoms in total. The summed E-state index contributed by atoms with van der Waals surface area (Å²) in [6, 6.07) is 8.27. The second-order valence-electron chi connectivity index (χ2n) is 4.34. The zero-order valence-corrected chi connectivity index (χ0v) is 10.2. The maximum absolute atomic E-state index is 11.0. The Morgan fingerprint density at radius 3 is 2.59 bits per heavy atom. The minimum absolute atomic E-state index is 0.313. The zero-order valence-electron chi connectivity index (χ0n) is 10.2. The van der Waals surface area contributed by atoms with Gasteiger partial charge >= 0.3 is 6.03 Å². The average molecular weight is 233 g/mol. The molecule has 1 aliphatic heterocycles. The van der Waals surface area contributed by atoms with Crippen LogP contribution in [0.25, 0.3) is 0 Å². The van der Waals surface area contributed by atoms with Gasteiger partial charge in [0.15, 0.2) is 0 Å². The van der Waals surface area contributed by atoms with Gasteiger partial charge in [-0.25, -0.2) is 4.79 Å². The number of rotatable bonds is 2. The summed E-state index contributed by atoms with van der Waals surface area (Å²) in [5, 5.41) is 0. The molecule has 1 aromatic carbocycles. The summed E-state index contributed by atoms with van der Waals surface area (Å²) < 4.78 is 0. The Morgan fingerprint density at radius 2 is 2.00 bits per heavy atom. The van der Waals surface area contributed by atoms with Gasteiger partial charge in [0.05, 0.1) is 0 Å². The van der Waals surface area contributed by atoms with Crippen LogP contribution in [-0.4, -0.2) is 37.1 Å². The molecule has 2 rings (SSSR count). The van der Waals surface area contributed by atoms with Crippen LogP contribution in [0.1, 0.15) is 12.5 Å². The lowest BCUT2D eigenvalue weighted by Crippen LogP contribution is -2.50. The Balaban J connectivity index is 2.02. The van der Waals surface area contributed by atoms with E-state index >= 15 is 0 Å². The summed E-state index contributed by atoms with van der Waals surface area (Å²) >= 11 is 0. The third-order valence-corrected chi connectivity index (χ3v) is 3.28. The molecule has 0 bridgehead atoms. The van der Waals surface area contributed by atoms with E-state index in [1.165, 1.54) is 11.3 Å². The van der Waals surface area contributed by atoms with Crippen LogP contribution in [0.3, 0.4) is 0 Å². The molecule has 1 aromatic rings. The van der Waals surface area contributed by atoms with Crippen LogP contribution >= 0.6 is 0 Å². The minimum atomic E-state index is -0.313. The molecule has 4 heteroatoms. The van der Waals surface area contributed by atoms with Gasteiger partial charge in [0.25, 0.3) is 0 Å². The summed E-state index contributed by atoms with van der Waals surface area (Å²) in [6.45, 7) is 5.30. The molecule has 0 aliphatic carbocycles. The van der Waals surface area contributed by atoms with Crippen molar-refractivity contribution in [1.82, 2.24) is 4.90 Å². The standard InChI is InChI=1S/C13H19N3O/c1-2-11-4-3-5-12(10-11)15-6-8-16(9-7-15)13(14)17/h3-5,10H,2,6-9H2,1H3,(H2,14,17). The fourth-order valence-corrected chi connectivity index (χ4v) is 2.16. The third kappa shape index (κ3) is 2.70. The first-order valence-corrected chi connectivity index (χ1v) is 6.09. The summed E-state index contributed by atoms with van der Waals surface area (Å²) in [5.74, 6) is 0. The van der Waals surface area contributed by atoms with E-state index in [2.05, 4.69) is 36.1 Å². The van der Waals surface area contributed by atoms with Gasteiger partial charge in [-0.05, 0) is 24.1 Å². The quantitative estimate of drug-likeness (QED) is 0.840. The predicted molar refractivity (Wildman–Crippen MR) is 69.2 cm³/mol. The lowest BCUT2D eigenvalue weighted by Gasteiger charge is -2.35. The lowest BCUT2D eigenvalue weighted by atomic mass is 10.1. The highest BCUT2D eigenvalue weighted by Crippen LogP contribution is 2.18. The van der Waals surface area contributed by atoms with Crippen molar-refractivity contribution in [2.75, 3.05) is 31.1 Å². The predicted octanol–water partition coefficient (Wildman–Crippen LogP) is 1.45. The van der Waals surface area contributed by atoms with Crippen LogP contribution < -0.4 is 10.6 Å². The van der Waals surface area contributed by atoms with E-state index < -0.39 is 0 Å². The Kier molecular flexibility index (Phi) is 3.52. The van der Waals surface area contributed by atoms with Gasteiger partial charge in [-0.15, -0.1) is 0 Å². The average Bonchev–Trinajstić information content (AvgIpc) is 2.39. The summed E-state index contributed by atoms with van der Waals surface area (Å²) in [4.78, 5) is 15.0. The Hall–Kier alpha value is -1.71. The van der Waals surface area contributed by atoms with E-state index in [0.717, 1.165) is 19.5 Å². The number of amides is 2. The summed E-state index contributed by atoms with van der Waals surface area (Å²) in [7, 11) is 0. The second kappa shape index (κ2) is 5.08. The van der Waals surface area contributed by atoms with E-state index in [1.807, 2.05) is 0 Å². The number of carbonyl (C=O) groups excluding carboxylic acids is 1. The Bertz CT molecular complexity index is 397. The first-order chi connectivity index (χ1) is 8.20. The molecular formula is C13H19N3O. The van der Waals surface area contributed by atoms with Crippen LogP contribution in [0.2, 0.25) is 0 Å². The molecule has 0 unspecified atom stereocenters. The zero-order chi connectivity index (χ0) is 12.3. The number of anilines is 1. The highest BCUT2D eigenvalue weighted by molar-refractivity contribution is 5.72. The number of hydrogen-bond donors (Lipinski definition) is 1. The van der Waals surface area contributed by atoms with Gasteiger partial charge in [0, 0.05) is 31.9 Å².